The van der Waals surface area contributed by atoms with Crippen LogP contribution in [0.25, 0.3) is 0 Å². The quantitative estimate of drug-likeness (QED) is 0.722. The fourth-order valence-electron chi connectivity index (χ4n) is 3.83. The van der Waals surface area contributed by atoms with E-state index in [1.807, 2.05) is 34.5 Å². The van der Waals surface area contributed by atoms with Crippen LogP contribution in [0.2, 0.25) is 0 Å². The number of rotatable bonds is 7. The maximum atomic E-state index is 6.22. The van der Waals surface area contributed by atoms with Crippen molar-refractivity contribution in [2.75, 3.05) is 19.8 Å². The lowest BCUT2D eigenvalue weighted by Gasteiger charge is -2.32. The van der Waals surface area contributed by atoms with Gasteiger partial charge < -0.3 is 9.47 Å². The number of thiophene rings is 1. The second kappa shape index (κ2) is 7.78. The molecule has 2 aliphatic rings. The highest BCUT2D eigenvalue weighted by atomic mass is 32.1. The van der Waals surface area contributed by atoms with Crippen molar-refractivity contribution >= 4 is 11.3 Å². The van der Waals surface area contributed by atoms with E-state index in [2.05, 4.69) is 27.5 Å². The minimum Gasteiger partial charge on any atom is -0.374 e. The zero-order valence-electron chi connectivity index (χ0n) is 13.9. The average molecular weight is 347 g/mol. The third-order valence-electron chi connectivity index (χ3n) is 4.95. The van der Waals surface area contributed by atoms with Crippen LogP contribution in [0.3, 0.4) is 0 Å². The Bertz CT molecular complexity index is 602. The van der Waals surface area contributed by atoms with Gasteiger partial charge in [0.25, 0.3) is 0 Å². The summed E-state index contributed by atoms with van der Waals surface area (Å²) in [5, 5.41) is 6.39. The van der Waals surface area contributed by atoms with E-state index in [1.54, 1.807) is 0 Å². The minimum atomic E-state index is 0.202. The molecular formula is C18H25N3O2S. The standard InChI is InChI=1S/C18H25N3O2S/c1-6-16-18(23-10-1)17(14-20(16)13-15-5-2-12-24-15)22-11-4-9-21-8-3-7-19-21/h2-3,5,7-8,12,16-18H,1,4,6,9-11,13-14H2/t16-,17-,18+/m1/s1. The molecule has 2 aliphatic heterocycles. The van der Waals surface area contributed by atoms with Gasteiger partial charge in [-0.2, -0.15) is 5.10 Å². The molecule has 24 heavy (non-hydrogen) atoms. The molecule has 130 valence electrons. The number of ether oxygens (including phenoxy) is 2. The van der Waals surface area contributed by atoms with E-state index < -0.39 is 0 Å². The largest absolute Gasteiger partial charge is 0.374 e. The maximum absolute atomic E-state index is 6.22. The molecule has 5 nitrogen and oxygen atoms in total. The molecule has 6 heteroatoms. The molecule has 0 aromatic carbocycles. The number of nitrogens with zero attached hydrogens (tertiary/aromatic N) is 3. The van der Waals surface area contributed by atoms with Gasteiger partial charge in [0.05, 0.1) is 6.10 Å². The van der Waals surface area contributed by atoms with Crippen LogP contribution in [0, 0.1) is 0 Å². The van der Waals surface area contributed by atoms with Crippen molar-refractivity contribution in [2.24, 2.45) is 0 Å². The predicted molar refractivity (Wildman–Crippen MR) is 94.1 cm³/mol. The van der Waals surface area contributed by atoms with Gasteiger partial charge in [-0.05, 0) is 36.8 Å². The van der Waals surface area contributed by atoms with E-state index in [0.29, 0.717) is 6.04 Å². The highest BCUT2D eigenvalue weighted by molar-refractivity contribution is 7.09. The fourth-order valence-corrected chi connectivity index (χ4v) is 4.56. The van der Waals surface area contributed by atoms with Crippen molar-refractivity contribution in [3.05, 3.63) is 40.8 Å². The van der Waals surface area contributed by atoms with E-state index in [0.717, 1.165) is 45.7 Å². The molecule has 0 aliphatic carbocycles. The molecular weight excluding hydrogens is 322 g/mol. The summed E-state index contributed by atoms with van der Waals surface area (Å²) in [5.41, 5.74) is 0. The lowest BCUT2D eigenvalue weighted by molar-refractivity contribution is -0.0780. The van der Waals surface area contributed by atoms with E-state index in [4.69, 9.17) is 9.47 Å². The zero-order chi connectivity index (χ0) is 16.2. The lowest BCUT2D eigenvalue weighted by Crippen LogP contribution is -2.41. The Morgan fingerprint density at radius 1 is 1.38 bits per heavy atom. The van der Waals surface area contributed by atoms with Crippen molar-refractivity contribution in [1.82, 2.24) is 14.7 Å². The molecule has 2 aromatic heterocycles. The van der Waals surface area contributed by atoms with Gasteiger partial charge in [0.1, 0.15) is 6.10 Å². The zero-order valence-corrected chi connectivity index (χ0v) is 14.7. The molecule has 3 atom stereocenters. The van der Waals surface area contributed by atoms with Crippen LogP contribution in [0.4, 0.5) is 0 Å². The summed E-state index contributed by atoms with van der Waals surface area (Å²) < 4.78 is 14.3. The molecule has 0 spiro atoms. The summed E-state index contributed by atoms with van der Waals surface area (Å²) in [4.78, 5) is 3.99. The summed E-state index contributed by atoms with van der Waals surface area (Å²) in [6.45, 7) is 4.56. The predicted octanol–water partition coefficient (Wildman–Crippen LogP) is 2.78. The minimum absolute atomic E-state index is 0.202. The monoisotopic (exact) mass is 347 g/mol. The Morgan fingerprint density at radius 2 is 2.38 bits per heavy atom. The van der Waals surface area contributed by atoms with Crippen molar-refractivity contribution in [3.8, 4) is 0 Å². The number of aromatic nitrogens is 2. The van der Waals surface area contributed by atoms with Crippen LogP contribution < -0.4 is 0 Å². The van der Waals surface area contributed by atoms with Crippen LogP contribution in [0.15, 0.2) is 36.0 Å². The molecule has 0 N–H and O–H groups in total. The van der Waals surface area contributed by atoms with Gasteiger partial charge in [0.15, 0.2) is 0 Å². The van der Waals surface area contributed by atoms with Gasteiger partial charge in [-0.25, -0.2) is 0 Å². The summed E-state index contributed by atoms with van der Waals surface area (Å²) in [5.74, 6) is 0. The maximum Gasteiger partial charge on any atom is 0.100 e. The van der Waals surface area contributed by atoms with Crippen molar-refractivity contribution < 1.29 is 9.47 Å². The first-order chi connectivity index (χ1) is 11.9. The summed E-state index contributed by atoms with van der Waals surface area (Å²) in [6, 6.07) is 6.83. The van der Waals surface area contributed by atoms with Crippen molar-refractivity contribution in [3.63, 3.8) is 0 Å². The smallest absolute Gasteiger partial charge is 0.100 e. The second-order valence-corrected chi connectivity index (χ2v) is 7.62. The third kappa shape index (κ3) is 3.72. The highest BCUT2D eigenvalue weighted by Crippen LogP contribution is 2.32. The van der Waals surface area contributed by atoms with Crippen LogP contribution in [0.5, 0.6) is 0 Å². The van der Waals surface area contributed by atoms with Crippen LogP contribution in [0.1, 0.15) is 24.1 Å². The summed E-state index contributed by atoms with van der Waals surface area (Å²) >= 11 is 1.84. The molecule has 4 rings (SSSR count). The van der Waals surface area contributed by atoms with Crippen LogP contribution in [-0.4, -0.2) is 52.7 Å². The molecule has 2 saturated heterocycles. The molecule has 0 radical (unpaired) electrons. The Labute approximate surface area is 147 Å². The molecule has 0 saturated carbocycles. The van der Waals surface area contributed by atoms with Crippen LogP contribution in [-0.2, 0) is 22.6 Å². The number of hydrogen-bond acceptors (Lipinski definition) is 5. The van der Waals surface area contributed by atoms with Crippen molar-refractivity contribution in [1.29, 1.82) is 0 Å². The first-order valence-corrected chi connectivity index (χ1v) is 9.75. The SMILES string of the molecule is c1csc(CN2C[C@@H](OCCCn3cccn3)[C@H]3OCCC[C@H]32)c1. The van der Waals surface area contributed by atoms with E-state index in [1.165, 1.54) is 11.3 Å². The number of fused-ring (bicyclic) bond motifs is 1. The van der Waals surface area contributed by atoms with E-state index in [-0.39, 0.29) is 12.2 Å². The molecule has 0 unspecified atom stereocenters. The Morgan fingerprint density at radius 3 is 3.21 bits per heavy atom. The van der Waals surface area contributed by atoms with Crippen molar-refractivity contribution in [2.45, 2.75) is 50.6 Å². The van der Waals surface area contributed by atoms with E-state index in [9.17, 15) is 0 Å². The van der Waals surface area contributed by atoms with Crippen LogP contribution >= 0.6 is 11.3 Å². The molecule has 2 aromatic rings. The normalized spacial score (nSPS) is 27.4. The third-order valence-corrected chi connectivity index (χ3v) is 5.81. The first kappa shape index (κ1) is 16.3. The lowest BCUT2D eigenvalue weighted by atomic mass is 10.0. The molecule has 4 heterocycles. The fraction of sp³-hybridized carbons (Fsp3) is 0.611. The topological polar surface area (TPSA) is 39.5 Å². The van der Waals surface area contributed by atoms with Gasteiger partial charge in [-0.15, -0.1) is 11.3 Å². The number of hydrogen-bond donors (Lipinski definition) is 0. The Balaban J connectivity index is 1.30. The summed E-state index contributed by atoms with van der Waals surface area (Å²) in [6.07, 6.45) is 7.63. The molecule has 0 bridgehead atoms. The highest BCUT2D eigenvalue weighted by Gasteiger charge is 2.44. The van der Waals surface area contributed by atoms with E-state index >= 15 is 0 Å². The second-order valence-electron chi connectivity index (χ2n) is 6.59. The summed E-state index contributed by atoms with van der Waals surface area (Å²) in [7, 11) is 0. The Kier molecular flexibility index (Phi) is 5.27. The first-order valence-electron chi connectivity index (χ1n) is 8.87. The molecule has 2 fully saturated rings. The Hall–Kier alpha value is -1.21. The molecule has 0 amide bonds. The number of likely N-dealkylation sites (tertiary alicyclic amines) is 1. The van der Waals surface area contributed by atoms with Gasteiger partial charge in [0, 0.05) is 56.2 Å². The van der Waals surface area contributed by atoms with Gasteiger partial charge in [-0.3, -0.25) is 9.58 Å². The average Bonchev–Trinajstić information content (AvgIpc) is 3.35. The van der Waals surface area contributed by atoms with Gasteiger partial charge in [0.2, 0.25) is 0 Å². The number of aryl methyl sites for hydroxylation is 1. The van der Waals surface area contributed by atoms with Gasteiger partial charge in [-0.1, -0.05) is 6.07 Å². The van der Waals surface area contributed by atoms with Gasteiger partial charge >= 0.3 is 0 Å².